The van der Waals surface area contributed by atoms with E-state index >= 15 is 0 Å². The van der Waals surface area contributed by atoms with E-state index in [-0.39, 0.29) is 23.8 Å². The molecule has 0 spiro atoms. The molecular weight excluding hydrogens is 419 g/mol. The average molecular weight is 457 g/mol. The van der Waals surface area contributed by atoms with Gasteiger partial charge in [0, 0.05) is 30.0 Å². The van der Waals surface area contributed by atoms with Crippen molar-refractivity contribution in [3.63, 3.8) is 0 Å². The molecule has 4 N–H and O–H groups in total. The van der Waals surface area contributed by atoms with E-state index in [1.165, 1.54) is 18.6 Å². The lowest BCUT2D eigenvalue weighted by Gasteiger charge is -2.30. The maximum Gasteiger partial charge on any atom is 0.237 e. The molecule has 1 heterocycles. The molecule has 33 heavy (non-hydrogen) atoms. The van der Waals surface area contributed by atoms with Crippen molar-refractivity contribution in [2.45, 2.75) is 70.9 Å². The fraction of sp³-hybridized carbons (Fsp3) is 0.560. The van der Waals surface area contributed by atoms with Gasteiger partial charge < -0.3 is 21.3 Å². The molecule has 1 amide bonds. The SMILES string of the molecule is CCCNc1nc(Nc2cccc(F)c2)ncc1CCC1CCCC(NC(=O)[C@H](C)NC)C1. The van der Waals surface area contributed by atoms with E-state index in [0.29, 0.717) is 17.6 Å². The van der Waals surface area contributed by atoms with Crippen LogP contribution in [0.5, 0.6) is 0 Å². The minimum atomic E-state index is -0.302. The predicted octanol–water partition coefficient (Wildman–Crippen LogP) is 4.40. The van der Waals surface area contributed by atoms with E-state index in [2.05, 4.69) is 38.2 Å². The van der Waals surface area contributed by atoms with Gasteiger partial charge in [0.2, 0.25) is 11.9 Å². The lowest BCUT2D eigenvalue weighted by Crippen LogP contribution is -2.46. The first-order chi connectivity index (χ1) is 16.0. The number of nitrogens with zero attached hydrogens (tertiary/aromatic N) is 2. The first kappa shape index (κ1) is 24.9. The number of rotatable bonds is 11. The normalized spacial score (nSPS) is 19.0. The molecule has 1 aromatic carbocycles. The molecule has 1 aromatic heterocycles. The number of anilines is 3. The van der Waals surface area contributed by atoms with Gasteiger partial charge in [-0.05, 0) is 70.2 Å². The molecule has 0 radical (unpaired) electrons. The number of benzene rings is 1. The number of aromatic nitrogens is 2. The van der Waals surface area contributed by atoms with Gasteiger partial charge >= 0.3 is 0 Å². The number of amides is 1. The number of carbonyl (C=O) groups excluding carboxylic acids is 1. The van der Waals surface area contributed by atoms with Crippen LogP contribution in [0.4, 0.5) is 21.8 Å². The van der Waals surface area contributed by atoms with Gasteiger partial charge in [-0.15, -0.1) is 0 Å². The number of hydrogen-bond acceptors (Lipinski definition) is 6. The Morgan fingerprint density at radius 2 is 2.15 bits per heavy atom. The molecule has 180 valence electrons. The first-order valence-corrected chi connectivity index (χ1v) is 12.1. The smallest absolute Gasteiger partial charge is 0.237 e. The fourth-order valence-electron chi connectivity index (χ4n) is 4.24. The number of halogens is 1. The van der Waals surface area contributed by atoms with Gasteiger partial charge in [0.15, 0.2) is 0 Å². The molecule has 1 aliphatic carbocycles. The zero-order chi connectivity index (χ0) is 23.6. The summed E-state index contributed by atoms with van der Waals surface area (Å²) in [6.45, 7) is 4.82. The van der Waals surface area contributed by atoms with E-state index in [0.717, 1.165) is 56.5 Å². The van der Waals surface area contributed by atoms with Crippen molar-refractivity contribution >= 4 is 23.4 Å². The Balaban J connectivity index is 1.61. The Morgan fingerprint density at radius 3 is 2.91 bits per heavy atom. The van der Waals surface area contributed by atoms with Gasteiger partial charge in [-0.2, -0.15) is 4.98 Å². The highest BCUT2D eigenvalue weighted by molar-refractivity contribution is 5.81. The Labute approximate surface area is 196 Å². The second-order valence-corrected chi connectivity index (χ2v) is 8.92. The summed E-state index contributed by atoms with van der Waals surface area (Å²) in [5, 5.41) is 12.7. The molecule has 1 saturated carbocycles. The fourth-order valence-corrected chi connectivity index (χ4v) is 4.24. The van der Waals surface area contributed by atoms with Crippen LogP contribution in [-0.2, 0) is 11.2 Å². The topological polar surface area (TPSA) is 91.0 Å². The molecule has 1 fully saturated rings. The molecule has 3 rings (SSSR count). The first-order valence-electron chi connectivity index (χ1n) is 12.1. The highest BCUT2D eigenvalue weighted by Crippen LogP contribution is 2.29. The molecular formula is C25H37FN6O. The summed E-state index contributed by atoms with van der Waals surface area (Å²) in [6, 6.07) is 6.35. The number of carbonyl (C=O) groups is 1. The molecule has 0 bridgehead atoms. The summed E-state index contributed by atoms with van der Waals surface area (Å²) in [6.07, 6.45) is 9.16. The average Bonchev–Trinajstić information content (AvgIpc) is 2.81. The van der Waals surface area contributed by atoms with E-state index < -0.39 is 0 Å². The third-order valence-corrected chi connectivity index (χ3v) is 6.27. The Kier molecular flexibility index (Phi) is 9.42. The van der Waals surface area contributed by atoms with Gasteiger partial charge in [-0.25, -0.2) is 9.37 Å². The Morgan fingerprint density at radius 1 is 1.30 bits per heavy atom. The van der Waals surface area contributed by atoms with E-state index in [9.17, 15) is 9.18 Å². The number of hydrogen-bond donors (Lipinski definition) is 4. The van der Waals surface area contributed by atoms with Crippen LogP contribution in [0.2, 0.25) is 0 Å². The monoisotopic (exact) mass is 456 g/mol. The van der Waals surface area contributed by atoms with Crippen molar-refractivity contribution in [2.75, 3.05) is 24.2 Å². The highest BCUT2D eigenvalue weighted by Gasteiger charge is 2.24. The van der Waals surface area contributed by atoms with Crippen LogP contribution >= 0.6 is 0 Å². The summed E-state index contributed by atoms with van der Waals surface area (Å²) in [5.74, 6) is 1.61. The second-order valence-electron chi connectivity index (χ2n) is 8.92. The number of likely N-dealkylation sites (N-methyl/N-ethyl adjacent to an activating group) is 1. The molecule has 1 aliphatic rings. The Bertz CT molecular complexity index is 908. The summed E-state index contributed by atoms with van der Waals surface area (Å²) >= 11 is 0. The largest absolute Gasteiger partial charge is 0.370 e. The predicted molar refractivity (Wildman–Crippen MR) is 131 cm³/mol. The molecule has 8 heteroatoms. The Hall–Kier alpha value is -2.74. The van der Waals surface area contributed by atoms with Gasteiger partial charge in [0.05, 0.1) is 6.04 Å². The second kappa shape index (κ2) is 12.5. The van der Waals surface area contributed by atoms with E-state index in [1.54, 1.807) is 19.2 Å². The molecule has 0 aliphatic heterocycles. The van der Waals surface area contributed by atoms with Crippen LogP contribution < -0.4 is 21.3 Å². The molecule has 0 saturated heterocycles. The van der Waals surface area contributed by atoms with Crippen molar-refractivity contribution in [3.8, 4) is 0 Å². The number of aryl methyl sites for hydroxylation is 1. The van der Waals surface area contributed by atoms with Crippen molar-refractivity contribution in [1.82, 2.24) is 20.6 Å². The zero-order valence-corrected chi connectivity index (χ0v) is 20.0. The van der Waals surface area contributed by atoms with Crippen molar-refractivity contribution in [3.05, 3.63) is 41.8 Å². The van der Waals surface area contributed by atoms with Gasteiger partial charge in [0.1, 0.15) is 11.6 Å². The third kappa shape index (κ3) is 7.67. The maximum atomic E-state index is 13.5. The van der Waals surface area contributed by atoms with Gasteiger partial charge in [-0.1, -0.05) is 25.8 Å². The summed E-state index contributed by atoms with van der Waals surface area (Å²) < 4.78 is 13.5. The van der Waals surface area contributed by atoms with Crippen LogP contribution in [0, 0.1) is 11.7 Å². The van der Waals surface area contributed by atoms with Crippen LogP contribution in [0.3, 0.4) is 0 Å². The van der Waals surface area contributed by atoms with Gasteiger partial charge in [-0.3, -0.25) is 4.79 Å². The van der Waals surface area contributed by atoms with Gasteiger partial charge in [0.25, 0.3) is 0 Å². The molecule has 2 unspecified atom stereocenters. The zero-order valence-electron chi connectivity index (χ0n) is 20.0. The third-order valence-electron chi connectivity index (χ3n) is 6.27. The maximum absolute atomic E-state index is 13.5. The van der Waals surface area contributed by atoms with Crippen LogP contribution in [-0.4, -0.2) is 41.6 Å². The van der Waals surface area contributed by atoms with Crippen LogP contribution in [0.25, 0.3) is 0 Å². The van der Waals surface area contributed by atoms with Crippen LogP contribution in [0.15, 0.2) is 30.5 Å². The lowest BCUT2D eigenvalue weighted by molar-refractivity contribution is -0.123. The minimum absolute atomic E-state index is 0.0731. The molecule has 3 atom stereocenters. The number of nitrogens with one attached hydrogen (secondary N) is 4. The van der Waals surface area contributed by atoms with Crippen LogP contribution in [0.1, 0.15) is 57.9 Å². The summed E-state index contributed by atoms with van der Waals surface area (Å²) in [4.78, 5) is 21.4. The quantitative estimate of drug-likeness (QED) is 0.401. The molecule has 2 aromatic rings. The van der Waals surface area contributed by atoms with E-state index in [1.807, 2.05) is 13.1 Å². The standard InChI is InChI=1S/C25H37FN6O/c1-4-13-28-23-19(16-29-25(32-23)31-22-10-6-8-20(26)15-22)12-11-18-7-5-9-21(14-18)30-24(33)17(2)27-3/h6,8,10,15-18,21,27H,4-5,7,9,11-14H2,1-3H3,(H,30,33)(H2,28,29,31,32)/t17-,18?,21?/m0/s1. The lowest BCUT2D eigenvalue weighted by atomic mass is 9.82. The highest BCUT2D eigenvalue weighted by atomic mass is 19.1. The van der Waals surface area contributed by atoms with Crippen molar-refractivity contribution in [2.24, 2.45) is 5.92 Å². The summed E-state index contributed by atoms with van der Waals surface area (Å²) in [5.41, 5.74) is 1.70. The minimum Gasteiger partial charge on any atom is -0.370 e. The summed E-state index contributed by atoms with van der Waals surface area (Å²) in [7, 11) is 1.80. The van der Waals surface area contributed by atoms with Crippen molar-refractivity contribution in [1.29, 1.82) is 0 Å². The van der Waals surface area contributed by atoms with E-state index in [4.69, 9.17) is 0 Å². The molecule has 7 nitrogen and oxygen atoms in total. The van der Waals surface area contributed by atoms with Crippen molar-refractivity contribution < 1.29 is 9.18 Å².